The maximum Gasteiger partial charge on any atom is 0.257 e. The van der Waals surface area contributed by atoms with E-state index in [1.54, 1.807) is 0 Å². The van der Waals surface area contributed by atoms with E-state index >= 15 is 0 Å². The summed E-state index contributed by atoms with van der Waals surface area (Å²) in [6, 6.07) is 9.30. The Hall–Kier alpha value is -1.83. The molecule has 5 nitrogen and oxygen atoms in total. The molecular formula is C15H14N2O3S2. The molecular weight excluding hydrogens is 320 g/mol. The van der Waals surface area contributed by atoms with Crippen molar-refractivity contribution in [2.45, 2.75) is 11.3 Å². The third kappa shape index (κ3) is 3.68. The van der Waals surface area contributed by atoms with Crippen LogP contribution in [0.3, 0.4) is 0 Å². The molecule has 22 heavy (non-hydrogen) atoms. The molecule has 2 N–H and O–H groups in total. The number of para-hydroxylation sites is 2. The van der Waals surface area contributed by atoms with Crippen molar-refractivity contribution in [1.29, 1.82) is 0 Å². The van der Waals surface area contributed by atoms with E-state index in [9.17, 15) is 9.90 Å². The molecule has 0 fully saturated rings. The molecule has 0 saturated carbocycles. The maximum absolute atomic E-state index is 11.8. The van der Waals surface area contributed by atoms with Crippen molar-refractivity contribution >= 4 is 40.1 Å². The van der Waals surface area contributed by atoms with Crippen LogP contribution < -0.4 is 5.32 Å². The van der Waals surface area contributed by atoms with Crippen LogP contribution in [0.2, 0.25) is 0 Å². The molecule has 0 bridgehead atoms. The zero-order chi connectivity index (χ0) is 15.4. The van der Waals surface area contributed by atoms with Gasteiger partial charge >= 0.3 is 0 Å². The van der Waals surface area contributed by atoms with Crippen molar-refractivity contribution in [1.82, 2.24) is 10.3 Å². The van der Waals surface area contributed by atoms with Gasteiger partial charge in [-0.2, -0.15) is 11.3 Å². The summed E-state index contributed by atoms with van der Waals surface area (Å²) in [5, 5.41) is 16.8. The van der Waals surface area contributed by atoms with E-state index in [0.29, 0.717) is 10.8 Å². The molecule has 3 rings (SSSR count). The predicted molar refractivity (Wildman–Crippen MR) is 87.0 cm³/mol. The molecule has 1 aromatic carbocycles. The Bertz CT molecular complexity index is 722. The summed E-state index contributed by atoms with van der Waals surface area (Å²) in [6.07, 6.45) is -0.676. The molecule has 2 heterocycles. The molecule has 114 valence electrons. The molecule has 0 saturated heterocycles. The second-order valence-electron chi connectivity index (χ2n) is 4.61. The van der Waals surface area contributed by atoms with Crippen LogP contribution in [0.15, 0.2) is 50.7 Å². The highest BCUT2D eigenvalue weighted by Gasteiger charge is 2.12. The van der Waals surface area contributed by atoms with Crippen LogP contribution in [-0.2, 0) is 4.79 Å². The van der Waals surface area contributed by atoms with Gasteiger partial charge in [-0.1, -0.05) is 23.9 Å². The van der Waals surface area contributed by atoms with E-state index in [1.165, 1.54) is 23.1 Å². The number of aromatic nitrogens is 1. The summed E-state index contributed by atoms with van der Waals surface area (Å²) in [4.78, 5) is 16.1. The molecule has 0 radical (unpaired) electrons. The number of hydrogen-bond donors (Lipinski definition) is 2. The number of benzene rings is 1. The largest absolute Gasteiger partial charge is 0.431 e. The number of nitrogens with one attached hydrogen (secondary N) is 1. The fourth-order valence-electron chi connectivity index (χ4n) is 1.88. The molecule has 0 aliphatic carbocycles. The standard InChI is InChI=1S/C15H14N2O3S2/c18-12(10-5-6-21-8-10)7-16-14(19)9-22-15-17-11-3-1-2-4-13(11)20-15/h1-6,8,12,18H,7,9H2,(H,16,19). The van der Waals surface area contributed by atoms with Crippen LogP contribution in [0, 0.1) is 0 Å². The predicted octanol–water partition coefficient (Wildman–Crippen LogP) is 2.83. The third-order valence-corrected chi connectivity index (χ3v) is 4.55. The summed E-state index contributed by atoms with van der Waals surface area (Å²) in [7, 11) is 0. The minimum Gasteiger partial charge on any atom is -0.431 e. The van der Waals surface area contributed by atoms with Crippen molar-refractivity contribution in [3.63, 3.8) is 0 Å². The third-order valence-electron chi connectivity index (χ3n) is 3.02. The minimum absolute atomic E-state index is 0.165. The number of aliphatic hydroxyl groups excluding tert-OH is 1. The first-order valence-corrected chi connectivity index (χ1v) is 8.60. The van der Waals surface area contributed by atoms with Crippen molar-refractivity contribution < 1.29 is 14.3 Å². The average Bonchev–Trinajstić information content (AvgIpc) is 3.19. The zero-order valence-corrected chi connectivity index (χ0v) is 13.2. The maximum atomic E-state index is 11.8. The summed E-state index contributed by atoms with van der Waals surface area (Å²) >= 11 is 2.75. The van der Waals surface area contributed by atoms with Gasteiger partial charge in [0.15, 0.2) is 5.58 Å². The Balaban J connectivity index is 1.48. The summed E-state index contributed by atoms with van der Waals surface area (Å²) < 4.78 is 5.53. The lowest BCUT2D eigenvalue weighted by Crippen LogP contribution is -2.29. The first-order valence-electron chi connectivity index (χ1n) is 6.67. The van der Waals surface area contributed by atoms with Crippen molar-refractivity contribution in [2.24, 2.45) is 0 Å². The fraction of sp³-hybridized carbons (Fsp3) is 0.200. The van der Waals surface area contributed by atoms with Crippen LogP contribution >= 0.6 is 23.1 Å². The molecule has 0 aliphatic rings. The lowest BCUT2D eigenvalue weighted by Gasteiger charge is -2.09. The monoisotopic (exact) mass is 334 g/mol. The number of rotatable bonds is 6. The summed E-state index contributed by atoms with van der Waals surface area (Å²) in [5.74, 6) is 0.0324. The van der Waals surface area contributed by atoms with Crippen LogP contribution in [0.4, 0.5) is 0 Å². The van der Waals surface area contributed by atoms with Crippen LogP contribution in [0.5, 0.6) is 0 Å². The second kappa shape index (κ2) is 6.95. The minimum atomic E-state index is -0.676. The highest BCUT2D eigenvalue weighted by Crippen LogP contribution is 2.23. The number of fused-ring (bicyclic) bond motifs is 1. The number of thiophene rings is 1. The number of nitrogens with zero attached hydrogens (tertiary/aromatic N) is 1. The van der Waals surface area contributed by atoms with E-state index < -0.39 is 6.10 Å². The Morgan fingerprint density at radius 2 is 2.27 bits per heavy atom. The van der Waals surface area contributed by atoms with Gasteiger partial charge in [-0.15, -0.1) is 0 Å². The van der Waals surface area contributed by atoms with Crippen LogP contribution in [0.1, 0.15) is 11.7 Å². The lowest BCUT2D eigenvalue weighted by atomic mass is 10.2. The normalized spacial score (nSPS) is 12.4. The van der Waals surface area contributed by atoms with Gasteiger partial charge in [0.05, 0.1) is 11.9 Å². The van der Waals surface area contributed by atoms with Gasteiger partial charge in [-0.25, -0.2) is 4.98 Å². The Labute approximate surface area is 135 Å². The number of carbonyl (C=O) groups is 1. The summed E-state index contributed by atoms with van der Waals surface area (Å²) in [6.45, 7) is 0.198. The number of aliphatic hydroxyl groups is 1. The van der Waals surface area contributed by atoms with E-state index in [4.69, 9.17) is 4.42 Å². The van der Waals surface area contributed by atoms with E-state index in [2.05, 4.69) is 10.3 Å². The first-order chi connectivity index (χ1) is 10.7. The number of amides is 1. The summed E-state index contributed by atoms with van der Waals surface area (Å²) in [5.41, 5.74) is 2.30. The molecule has 0 aliphatic heterocycles. The van der Waals surface area contributed by atoms with Gasteiger partial charge in [0.1, 0.15) is 5.52 Å². The van der Waals surface area contributed by atoms with Gasteiger partial charge < -0.3 is 14.8 Å². The van der Waals surface area contributed by atoms with Gasteiger partial charge in [-0.3, -0.25) is 4.79 Å². The molecule has 2 aromatic heterocycles. The van der Waals surface area contributed by atoms with Gasteiger partial charge in [0.25, 0.3) is 5.22 Å². The number of thioether (sulfide) groups is 1. The lowest BCUT2D eigenvalue weighted by molar-refractivity contribution is -0.119. The second-order valence-corrected chi connectivity index (χ2v) is 6.32. The Morgan fingerprint density at radius 3 is 3.05 bits per heavy atom. The Kier molecular flexibility index (Phi) is 4.77. The smallest absolute Gasteiger partial charge is 0.257 e. The molecule has 3 aromatic rings. The molecule has 7 heteroatoms. The molecule has 1 unspecified atom stereocenters. The first kappa shape index (κ1) is 15.1. The fourth-order valence-corrected chi connectivity index (χ4v) is 3.26. The van der Waals surface area contributed by atoms with E-state index in [0.717, 1.165) is 11.1 Å². The average molecular weight is 334 g/mol. The highest BCUT2D eigenvalue weighted by atomic mass is 32.2. The number of oxazole rings is 1. The van der Waals surface area contributed by atoms with Gasteiger partial charge in [0, 0.05) is 6.54 Å². The quantitative estimate of drug-likeness (QED) is 0.678. The molecule has 0 spiro atoms. The van der Waals surface area contributed by atoms with E-state index in [-0.39, 0.29) is 18.2 Å². The van der Waals surface area contributed by atoms with Crippen LogP contribution in [0.25, 0.3) is 11.1 Å². The van der Waals surface area contributed by atoms with Gasteiger partial charge in [-0.05, 0) is 34.5 Å². The van der Waals surface area contributed by atoms with E-state index in [1.807, 2.05) is 41.1 Å². The van der Waals surface area contributed by atoms with Gasteiger partial charge in [0.2, 0.25) is 5.91 Å². The van der Waals surface area contributed by atoms with Crippen LogP contribution in [-0.4, -0.2) is 28.3 Å². The number of carbonyl (C=O) groups excluding carboxylic acids is 1. The SMILES string of the molecule is O=C(CSc1nc2ccccc2o1)NCC(O)c1ccsc1. The Morgan fingerprint density at radius 1 is 1.41 bits per heavy atom. The zero-order valence-electron chi connectivity index (χ0n) is 11.6. The van der Waals surface area contributed by atoms with Crippen molar-refractivity contribution in [3.8, 4) is 0 Å². The topological polar surface area (TPSA) is 75.4 Å². The van der Waals surface area contributed by atoms with Crippen molar-refractivity contribution in [3.05, 3.63) is 46.7 Å². The molecule has 1 atom stereocenters. The van der Waals surface area contributed by atoms with Crippen molar-refractivity contribution in [2.75, 3.05) is 12.3 Å². The molecule has 1 amide bonds. The highest BCUT2D eigenvalue weighted by molar-refractivity contribution is 7.99. The number of hydrogen-bond acceptors (Lipinski definition) is 6.